The van der Waals surface area contributed by atoms with Crippen molar-refractivity contribution in [2.45, 2.75) is 6.42 Å². The van der Waals surface area contributed by atoms with Gasteiger partial charge in [0.15, 0.2) is 0 Å². The average Bonchev–Trinajstić information content (AvgIpc) is 2.74. The van der Waals surface area contributed by atoms with Crippen molar-refractivity contribution in [3.05, 3.63) is 107 Å². The Kier molecular flexibility index (Phi) is 7.20. The quantitative estimate of drug-likeness (QED) is 0.301. The molecule has 0 aliphatic rings. The number of carbonyl (C=O) groups is 2. The van der Waals surface area contributed by atoms with Gasteiger partial charge in [0.1, 0.15) is 11.3 Å². The van der Waals surface area contributed by atoms with E-state index in [-0.39, 0.29) is 17.9 Å². The first-order chi connectivity index (χ1) is 14.1. The first-order valence-electron chi connectivity index (χ1n) is 9.07. The number of para-hydroxylation sites is 1. The minimum atomic E-state index is -0.593. The molecule has 0 amide bonds. The largest absolute Gasteiger partial charge is 0.462 e. The van der Waals surface area contributed by atoms with Gasteiger partial charge in [-0.15, -0.1) is 0 Å². The van der Waals surface area contributed by atoms with Gasteiger partial charge in [-0.25, -0.2) is 9.59 Å². The van der Waals surface area contributed by atoms with Crippen molar-refractivity contribution in [3.8, 4) is 5.75 Å². The van der Waals surface area contributed by atoms with Gasteiger partial charge in [0.25, 0.3) is 0 Å². The number of hydrogen-bond donors (Lipinski definition) is 0. The lowest BCUT2D eigenvalue weighted by Gasteiger charge is -2.09. The summed E-state index contributed by atoms with van der Waals surface area (Å²) in [6, 6.07) is 23.3. The molecule has 5 heteroatoms. The Balaban J connectivity index is 1.59. The SMILES string of the molecule is O=C(/C=C/c1ccc(Cl)cc1)Oc1ccccc1C(=O)OCCc1ccccc1. The van der Waals surface area contributed by atoms with Crippen LogP contribution in [0.5, 0.6) is 5.75 Å². The maximum absolute atomic E-state index is 12.4. The highest BCUT2D eigenvalue weighted by Gasteiger charge is 2.15. The normalized spacial score (nSPS) is 10.7. The topological polar surface area (TPSA) is 52.6 Å². The second-order valence-corrected chi connectivity index (χ2v) is 6.61. The molecule has 4 nitrogen and oxygen atoms in total. The van der Waals surface area contributed by atoms with E-state index in [1.807, 2.05) is 30.3 Å². The second-order valence-electron chi connectivity index (χ2n) is 6.17. The third-order valence-corrected chi connectivity index (χ3v) is 4.32. The fourth-order valence-electron chi connectivity index (χ4n) is 2.59. The van der Waals surface area contributed by atoms with Gasteiger partial charge in [-0.3, -0.25) is 0 Å². The van der Waals surface area contributed by atoms with Crippen LogP contribution in [-0.4, -0.2) is 18.5 Å². The molecule has 0 radical (unpaired) electrons. The molecule has 0 unspecified atom stereocenters. The van der Waals surface area contributed by atoms with Crippen molar-refractivity contribution in [1.29, 1.82) is 0 Å². The lowest BCUT2D eigenvalue weighted by atomic mass is 10.2. The summed E-state index contributed by atoms with van der Waals surface area (Å²) in [5, 5.41) is 0.615. The standard InChI is InChI=1S/C24H19ClO4/c25-20-13-10-19(11-14-20)12-15-23(26)29-22-9-5-4-8-21(22)24(27)28-17-16-18-6-2-1-3-7-18/h1-15H,16-17H2/b15-12+. The lowest BCUT2D eigenvalue weighted by Crippen LogP contribution is -2.12. The van der Waals surface area contributed by atoms with Crippen LogP contribution in [0.2, 0.25) is 5.02 Å². The fourth-order valence-corrected chi connectivity index (χ4v) is 2.71. The summed E-state index contributed by atoms with van der Waals surface area (Å²) in [5.74, 6) is -0.974. The van der Waals surface area contributed by atoms with Crippen molar-refractivity contribution >= 4 is 29.6 Å². The number of rotatable bonds is 7. The molecule has 0 N–H and O–H groups in total. The van der Waals surface area contributed by atoms with E-state index in [2.05, 4.69) is 0 Å². The maximum atomic E-state index is 12.4. The average molecular weight is 407 g/mol. The zero-order chi connectivity index (χ0) is 20.5. The number of halogens is 1. The Labute approximate surface area is 174 Å². The number of carbonyl (C=O) groups excluding carboxylic acids is 2. The second kappa shape index (κ2) is 10.2. The van der Waals surface area contributed by atoms with Crippen LogP contribution in [0.4, 0.5) is 0 Å². The summed E-state index contributed by atoms with van der Waals surface area (Å²) in [5.41, 5.74) is 2.08. The van der Waals surface area contributed by atoms with E-state index >= 15 is 0 Å². The summed E-state index contributed by atoms with van der Waals surface area (Å²) < 4.78 is 10.7. The monoisotopic (exact) mass is 406 g/mol. The van der Waals surface area contributed by atoms with Crippen LogP contribution in [0.25, 0.3) is 6.08 Å². The molecule has 3 aromatic rings. The van der Waals surface area contributed by atoms with Gasteiger partial charge < -0.3 is 9.47 Å². The molecule has 0 heterocycles. The minimum Gasteiger partial charge on any atom is -0.462 e. The zero-order valence-corrected chi connectivity index (χ0v) is 16.3. The number of ether oxygens (including phenoxy) is 2. The number of esters is 2. The summed E-state index contributed by atoms with van der Waals surface area (Å²) in [6.45, 7) is 0.238. The van der Waals surface area contributed by atoms with E-state index in [0.29, 0.717) is 11.4 Å². The molecule has 3 rings (SSSR count). The predicted octanol–water partition coefficient (Wildman–Crippen LogP) is 5.36. The van der Waals surface area contributed by atoms with Crippen molar-refractivity contribution in [2.24, 2.45) is 0 Å². The Morgan fingerprint density at radius 1 is 0.862 bits per heavy atom. The number of hydrogen-bond acceptors (Lipinski definition) is 4. The lowest BCUT2D eigenvalue weighted by molar-refractivity contribution is -0.128. The highest BCUT2D eigenvalue weighted by molar-refractivity contribution is 6.30. The van der Waals surface area contributed by atoms with E-state index in [0.717, 1.165) is 11.1 Å². The highest BCUT2D eigenvalue weighted by Crippen LogP contribution is 2.20. The van der Waals surface area contributed by atoms with Crippen LogP contribution in [0.15, 0.2) is 84.9 Å². The molecule has 0 spiro atoms. The van der Waals surface area contributed by atoms with Crippen LogP contribution < -0.4 is 4.74 Å². The van der Waals surface area contributed by atoms with Gasteiger partial charge in [0.2, 0.25) is 0 Å². The van der Waals surface area contributed by atoms with Crippen LogP contribution >= 0.6 is 11.6 Å². The molecule has 0 saturated carbocycles. The molecule has 29 heavy (non-hydrogen) atoms. The van der Waals surface area contributed by atoms with Crippen molar-refractivity contribution in [2.75, 3.05) is 6.61 Å². The summed E-state index contributed by atoms with van der Waals surface area (Å²) in [4.78, 5) is 24.5. The van der Waals surface area contributed by atoms with Gasteiger partial charge in [-0.05, 0) is 41.5 Å². The third kappa shape index (κ3) is 6.33. The van der Waals surface area contributed by atoms with Crippen molar-refractivity contribution in [3.63, 3.8) is 0 Å². The molecule has 0 fully saturated rings. The van der Waals surface area contributed by atoms with E-state index < -0.39 is 11.9 Å². The molecular formula is C24H19ClO4. The molecule has 0 aliphatic carbocycles. The first-order valence-corrected chi connectivity index (χ1v) is 9.45. The van der Waals surface area contributed by atoms with Gasteiger partial charge in [-0.2, -0.15) is 0 Å². The van der Waals surface area contributed by atoms with Gasteiger partial charge in [0.05, 0.1) is 6.61 Å². The Morgan fingerprint density at radius 2 is 1.55 bits per heavy atom. The molecule has 146 valence electrons. The fraction of sp³-hybridized carbons (Fsp3) is 0.0833. The van der Waals surface area contributed by atoms with Gasteiger partial charge in [-0.1, -0.05) is 66.2 Å². The Bertz CT molecular complexity index is 995. The molecule has 0 aromatic heterocycles. The minimum absolute atomic E-state index is 0.156. The molecule has 0 bridgehead atoms. The molecular weight excluding hydrogens is 388 g/mol. The molecule has 3 aromatic carbocycles. The first kappa shape index (κ1) is 20.4. The Hall–Kier alpha value is -3.37. The molecule has 0 aliphatic heterocycles. The smallest absolute Gasteiger partial charge is 0.341 e. The van der Waals surface area contributed by atoms with Crippen LogP contribution in [0.3, 0.4) is 0 Å². The van der Waals surface area contributed by atoms with Crippen LogP contribution in [0.1, 0.15) is 21.5 Å². The van der Waals surface area contributed by atoms with Gasteiger partial charge >= 0.3 is 11.9 Å². The zero-order valence-electron chi connectivity index (χ0n) is 15.6. The summed E-state index contributed by atoms with van der Waals surface area (Å²) in [7, 11) is 0. The molecule has 0 saturated heterocycles. The predicted molar refractivity (Wildman–Crippen MR) is 113 cm³/mol. The van der Waals surface area contributed by atoms with Crippen molar-refractivity contribution < 1.29 is 19.1 Å². The summed E-state index contributed by atoms with van der Waals surface area (Å²) >= 11 is 5.84. The highest BCUT2D eigenvalue weighted by atomic mass is 35.5. The van der Waals surface area contributed by atoms with E-state index in [9.17, 15) is 9.59 Å². The molecule has 0 atom stereocenters. The maximum Gasteiger partial charge on any atom is 0.341 e. The summed E-state index contributed by atoms with van der Waals surface area (Å²) in [6.07, 6.45) is 3.51. The van der Waals surface area contributed by atoms with E-state index in [1.54, 1.807) is 54.6 Å². The van der Waals surface area contributed by atoms with Crippen molar-refractivity contribution in [1.82, 2.24) is 0 Å². The third-order valence-electron chi connectivity index (χ3n) is 4.07. The van der Waals surface area contributed by atoms with E-state index in [1.165, 1.54) is 6.08 Å². The van der Waals surface area contributed by atoms with Crippen LogP contribution in [-0.2, 0) is 16.0 Å². The number of benzene rings is 3. The van der Waals surface area contributed by atoms with Gasteiger partial charge in [0, 0.05) is 17.5 Å². The Morgan fingerprint density at radius 3 is 2.31 bits per heavy atom. The van der Waals surface area contributed by atoms with E-state index in [4.69, 9.17) is 21.1 Å². The van der Waals surface area contributed by atoms with Crippen LogP contribution in [0, 0.1) is 0 Å².